The molecule has 1 aliphatic rings. The molecule has 9 heteroatoms. The Balaban J connectivity index is 1.91. The molecule has 0 unspecified atom stereocenters. The van der Waals surface area contributed by atoms with Crippen LogP contribution in [0.5, 0.6) is 0 Å². The lowest BCUT2D eigenvalue weighted by atomic mass is 9.87. The summed E-state index contributed by atoms with van der Waals surface area (Å²) >= 11 is 0. The first-order valence-corrected chi connectivity index (χ1v) is 8.91. The zero-order chi connectivity index (χ0) is 20.5. The Morgan fingerprint density at radius 2 is 1.93 bits per heavy atom. The van der Waals surface area contributed by atoms with Gasteiger partial charge in [0, 0.05) is 18.2 Å². The molecule has 3 rings (SSSR count). The zero-order valence-corrected chi connectivity index (χ0v) is 15.3. The summed E-state index contributed by atoms with van der Waals surface area (Å²) in [6.45, 7) is 1.92. The normalized spacial score (nSPS) is 21.2. The van der Waals surface area contributed by atoms with Gasteiger partial charge in [-0.1, -0.05) is 17.7 Å². The van der Waals surface area contributed by atoms with Crippen molar-refractivity contribution in [3.63, 3.8) is 0 Å². The van der Waals surface area contributed by atoms with Crippen molar-refractivity contribution in [2.45, 2.75) is 44.2 Å². The van der Waals surface area contributed by atoms with Crippen LogP contribution in [-0.4, -0.2) is 28.9 Å². The van der Waals surface area contributed by atoms with Crippen LogP contribution < -0.4 is 22.1 Å². The second kappa shape index (κ2) is 7.67. The topological polar surface area (TPSA) is 106 Å². The molecule has 0 spiro atoms. The summed E-state index contributed by atoms with van der Waals surface area (Å²) in [5, 5.41) is 5.59. The Labute approximate surface area is 160 Å². The highest BCUT2D eigenvalue weighted by molar-refractivity contribution is 5.98. The van der Waals surface area contributed by atoms with Crippen molar-refractivity contribution in [1.82, 2.24) is 4.98 Å². The first kappa shape index (κ1) is 19.9. The van der Waals surface area contributed by atoms with Gasteiger partial charge in [0.1, 0.15) is 5.82 Å². The number of primary amides is 1. The number of benzene rings is 1. The Hall–Kier alpha value is -2.81. The molecule has 28 heavy (non-hydrogen) atoms. The lowest BCUT2D eigenvalue weighted by Gasteiger charge is -2.36. The number of alkyl halides is 2. The lowest BCUT2D eigenvalue weighted by molar-refractivity contribution is -0.0555. The zero-order valence-electron chi connectivity index (χ0n) is 15.3. The van der Waals surface area contributed by atoms with Gasteiger partial charge in [0.05, 0.1) is 11.6 Å². The third-order valence-corrected chi connectivity index (χ3v) is 4.82. The van der Waals surface area contributed by atoms with E-state index < -0.39 is 29.7 Å². The van der Waals surface area contributed by atoms with Crippen LogP contribution in [0.15, 0.2) is 30.3 Å². The van der Waals surface area contributed by atoms with Crippen LogP contribution in [0.1, 0.15) is 35.2 Å². The molecule has 0 bridgehead atoms. The molecule has 6 nitrogen and oxygen atoms in total. The molecular weight excluding hydrogens is 371 g/mol. The Morgan fingerprint density at radius 3 is 2.57 bits per heavy atom. The number of hydrogen-bond donors (Lipinski definition) is 4. The van der Waals surface area contributed by atoms with Crippen molar-refractivity contribution >= 4 is 23.2 Å². The van der Waals surface area contributed by atoms with Gasteiger partial charge in [-0.05, 0) is 38.0 Å². The highest BCUT2D eigenvalue weighted by Crippen LogP contribution is 2.34. The third kappa shape index (κ3) is 4.19. The Kier molecular flexibility index (Phi) is 5.46. The van der Waals surface area contributed by atoms with Crippen LogP contribution >= 0.6 is 0 Å². The number of rotatable bonds is 5. The fourth-order valence-corrected chi connectivity index (χ4v) is 3.18. The first-order valence-electron chi connectivity index (χ1n) is 8.91. The molecule has 1 aliphatic carbocycles. The van der Waals surface area contributed by atoms with E-state index in [1.807, 2.05) is 19.1 Å². The molecule has 1 amide bonds. The number of nitrogens with two attached hydrogens (primary N) is 2. The van der Waals surface area contributed by atoms with Gasteiger partial charge in [-0.15, -0.1) is 0 Å². The number of carbonyl (C=O) groups is 1. The largest absolute Gasteiger partial charge is 0.365 e. The highest BCUT2D eigenvalue weighted by atomic mass is 19.3. The molecule has 6 N–H and O–H groups in total. The average molecular weight is 393 g/mol. The van der Waals surface area contributed by atoms with Crippen LogP contribution in [-0.2, 0) is 0 Å². The van der Waals surface area contributed by atoms with E-state index in [9.17, 15) is 18.0 Å². The molecule has 1 saturated carbocycles. The van der Waals surface area contributed by atoms with E-state index >= 15 is 0 Å². The summed E-state index contributed by atoms with van der Waals surface area (Å²) in [4.78, 5) is 15.8. The molecule has 1 aromatic heterocycles. The summed E-state index contributed by atoms with van der Waals surface area (Å²) < 4.78 is 42.2. The molecule has 1 aromatic carbocycles. The maximum atomic E-state index is 14.5. The van der Waals surface area contributed by atoms with Gasteiger partial charge in [0.25, 0.3) is 11.8 Å². The second-order valence-corrected chi connectivity index (χ2v) is 7.00. The molecule has 150 valence electrons. The van der Waals surface area contributed by atoms with Crippen LogP contribution in [0, 0.1) is 12.7 Å². The van der Waals surface area contributed by atoms with Gasteiger partial charge in [-0.2, -0.15) is 0 Å². The number of hydrogen-bond acceptors (Lipinski definition) is 5. The van der Waals surface area contributed by atoms with Crippen LogP contribution in [0.25, 0.3) is 0 Å². The minimum absolute atomic E-state index is 0.0244. The van der Waals surface area contributed by atoms with E-state index in [0.29, 0.717) is 12.1 Å². The maximum Gasteiger partial charge on any atom is 0.264 e. The van der Waals surface area contributed by atoms with Crippen LogP contribution in [0.2, 0.25) is 0 Å². The molecule has 0 saturated heterocycles. The van der Waals surface area contributed by atoms with E-state index in [2.05, 4.69) is 15.6 Å². The van der Waals surface area contributed by atoms with Crippen molar-refractivity contribution in [2.24, 2.45) is 11.5 Å². The number of nitrogens with zero attached hydrogens (tertiary/aromatic N) is 1. The number of anilines is 3. The van der Waals surface area contributed by atoms with Gasteiger partial charge in [0.15, 0.2) is 11.6 Å². The lowest BCUT2D eigenvalue weighted by Crippen LogP contribution is -2.55. The van der Waals surface area contributed by atoms with E-state index in [4.69, 9.17) is 11.5 Å². The predicted octanol–water partition coefficient (Wildman–Crippen LogP) is 3.30. The summed E-state index contributed by atoms with van der Waals surface area (Å²) in [7, 11) is 0. The maximum absolute atomic E-state index is 14.5. The fourth-order valence-electron chi connectivity index (χ4n) is 3.18. The number of nitrogens with one attached hydrogen (secondary N) is 2. The molecule has 1 fully saturated rings. The molecule has 0 radical (unpaired) electrons. The van der Waals surface area contributed by atoms with Gasteiger partial charge in [0.2, 0.25) is 0 Å². The molecule has 2 atom stereocenters. The minimum Gasteiger partial charge on any atom is -0.365 e. The SMILES string of the molecule is Cc1ccc(Nc2nc(N[C@@H]3CCCC(F)(F)[C@@H]3N)c(F)cc2C(N)=O)cc1. The Bertz CT molecular complexity index is 873. The number of amides is 1. The smallest absolute Gasteiger partial charge is 0.264 e. The standard InChI is InChI=1S/C19H22F3N5O/c1-10-4-6-11(7-5-10)25-17-12(16(24)28)9-13(20)18(27-17)26-14-3-2-8-19(21,22)15(14)23/h4-7,9,14-15H,2-3,8,23H2,1H3,(H2,24,28)(H2,25,26,27)/t14-,15-/m1/s1. The monoisotopic (exact) mass is 393 g/mol. The van der Waals surface area contributed by atoms with E-state index in [1.165, 1.54) is 0 Å². The first-order chi connectivity index (χ1) is 13.2. The van der Waals surface area contributed by atoms with Gasteiger partial charge >= 0.3 is 0 Å². The highest BCUT2D eigenvalue weighted by Gasteiger charge is 2.45. The van der Waals surface area contributed by atoms with Gasteiger partial charge in [-0.3, -0.25) is 4.79 Å². The second-order valence-electron chi connectivity index (χ2n) is 7.00. The summed E-state index contributed by atoms with van der Waals surface area (Å²) in [5.74, 6) is -5.02. The van der Waals surface area contributed by atoms with Crippen molar-refractivity contribution in [3.05, 3.63) is 47.3 Å². The van der Waals surface area contributed by atoms with Crippen LogP contribution in [0.3, 0.4) is 0 Å². The van der Waals surface area contributed by atoms with Crippen molar-refractivity contribution < 1.29 is 18.0 Å². The number of pyridine rings is 1. The molecule has 1 heterocycles. The van der Waals surface area contributed by atoms with E-state index in [0.717, 1.165) is 11.6 Å². The van der Waals surface area contributed by atoms with Crippen molar-refractivity contribution in [2.75, 3.05) is 10.6 Å². The fraction of sp³-hybridized carbons (Fsp3) is 0.368. The Morgan fingerprint density at radius 1 is 1.25 bits per heavy atom. The number of halogens is 3. The van der Waals surface area contributed by atoms with Crippen molar-refractivity contribution in [1.29, 1.82) is 0 Å². The number of carbonyl (C=O) groups excluding carboxylic acids is 1. The predicted molar refractivity (Wildman–Crippen MR) is 101 cm³/mol. The number of aromatic nitrogens is 1. The summed E-state index contributed by atoms with van der Waals surface area (Å²) in [5.41, 5.74) is 12.5. The summed E-state index contributed by atoms with van der Waals surface area (Å²) in [6.07, 6.45) is 0.313. The van der Waals surface area contributed by atoms with Gasteiger partial charge in [-0.25, -0.2) is 18.2 Å². The van der Waals surface area contributed by atoms with E-state index in [1.54, 1.807) is 12.1 Å². The number of aryl methyl sites for hydroxylation is 1. The average Bonchev–Trinajstić information content (AvgIpc) is 2.63. The molecular formula is C19H22F3N5O. The van der Waals surface area contributed by atoms with Gasteiger partial charge < -0.3 is 22.1 Å². The third-order valence-electron chi connectivity index (χ3n) is 4.82. The van der Waals surface area contributed by atoms with Crippen molar-refractivity contribution in [3.8, 4) is 0 Å². The van der Waals surface area contributed by atoms with Crippen LogP contribution in [0.4, 0.5) is 30.5 Å². The minimum atomic E-state index is -3.04. The molecule has 0 aliphatic heterocycles. The molecule has 2 aromatic rings. The quantitative estimate of drug-likeness (QED) is 0.624. The summed E-state index contributed by atoms with van der Waals surface area (Å²) in [6, 6.07) is 5.83. The van der Waals surface area contributed by atoms with E-state index in [-0.39, 0.29) is 30.0 Å².